The Bertz CT molecular complexity index is 945. The van der Waals surface area contributed by atoms with Crippen LogP contribution in [0.3, 0.4) is 0 Å². The molecule has 0 N–H and O–H groups in total. The van der Waals surface area contributed by atoms with Gasteiger partial charge in [0.1, 0.15) is 22.8 Å². The molecule has 1 unspecified atom stereocenters. The third kappa shape index (κ3) is 4.38. The maximum absolute atomic E-state index is 12.7. The molecule has 158 valence electrons. The number of carbonyl (C=O) groups is 2. The fraction of sp³-hybridized carbons (Fsp3) is 0.391. The van der Waals surface area contributed by atoms with Crippen molar-refractivity contribution in [2.45, 2.75) is 31.3 Å². The third-order valence-electron chi connectivity index (χ3n) is 5.58. The average Bonchev–Trinajstić information content (AvgIpc) is 3.15. The minimum absolute atomic E-state index is 0.0285. The number of fused-ring (bicyclic) bond motifs is 1. The van der Waals surface area contributed by atoms with Gasteiger partial charge in [-0.15, -0.1) is 0 Å². The standard InChI is InChI=1S/C23H24ClNO5/c1-28-18-8-9-21-19(13-18)20(26)14-23(30-21)10-11-25(15-23)22(27)3-2-12-29-17-6-4-16(24)5-7-17/h4-9,13H,2-3,10-12,14-15H2,1H3. The molecule has 0 radical (unpaired) electrons. The van der Waals surface area contributed by atoms with E-state index in [0.29, 0.717) is 61.0 Å². The van der Waals surface area contributed by atoms with E-state index in [2.05, 4.69) is 0 Å². The van der Waals surface area contributed by atoms with E-state index >= 15 is 0 Å². The van der Waals surface area contributed by atoms with Crippen molar-refractivity contribution in [3.8, 4) is 17.2 Å². The molecule has 30 heavy (non-hydrogen) atoms. The molecule has 0 aromatic heterocycles. The number of methoxy groups -OCH3 is 1. The summed E-state index contributed by atoms with van der Waals surface area (Å²) < 4.78 is 17.1. The molecule has 2 aromatic carbocycles. The highest BCUT2D eigenvalue weighted by atomic mass is 35.5. The van der Waals surface area contributed by atoms with Gasteiger partial charge in [-0.1, -0.05) is 11.6 Å². The van der Waals surface area contributed by atoms with Crippen LogP contribution in [0, 0.1) is 0 Å². The summed E-state index contributed by atoms with van der Waals surface area (Å²) in [5.41, 5.74) is -0.0854. The van der Waals surface area contributed by atoms with Crippen LogP contribution in [0.1, 0.15) is 36.0 Å². The number of nitrogens with zero attached hydrogens (tertiary/aromatic N) is 1. The zero-order chi connectivity index (χ0) is 21.1. The van der Waals surface area contributed by atoms with E-state index in [1.165, 1.54) is 0 Å². The van der Waals surface area contributed by atoms with Crippen LogP contribution >= 0.6 is 11.6 Å². The Morgan fingerprint density at radius 3 is 2.73 bits per heavy atom. The van der Waals surface area contributed by atoms with Gasteiger partial charge in [0.25, 0.3) is 0 Å². The van der Waals surface area contributed by atoms with Gasteiger partial charge >= 0.3 is 0 Å². The number of ether oxygens (including phenoxy) is 3. The van der Waals surface area contributed by atoms with E-state index in [4.69, 9.17) is 25.8 Å². The van der Waals surface area contributed by atoms with Gasteiger partial charge in [-0.2, -0.15) is 0 Å². The Morgan fingerprint density at radius 1 is 1.20 bits per heavy atom. The van der Waals surface area contributed by atoms with Crippen molar-refractivity contribution in [1.29, 1.82) is 0 Å². The molecule has 0 bridgehead atoms. The van der Waals surface area contributed by atoms with Crippen LogP contribution in [-0.4, -0.2) is 49.0 Å². The molecule has 1 saturated heterocycles. The fourth-order valence-electron chi connectivity index (χ4n) is 3.99. The summed E-state index contributed by atoms with van der Waals surface area (Å²) in [4.78, 5) is 27.1. The molecule has 1 amide bonds. The lowest BCUT2D eigenvalue weighted by Crippen LogP contribution is -2.45. The van der Waals surface area contributed by atoms with Crippen molar-refractivity contribution in [2.24, 2.45) is 0 Å². The summed E-state index contributed by atoms with van der Waals surface area (Å²) in [6.45, 7) is 1.48. The monoisotopic (exact) mass is 429 g/mol. The summed E-state index contributed by atoms with van der Waals surface area (Å²) in [6.07, 6.45) is 1.94. The third-order valence-corrected chi connectivity index (χ3v) is 5.83. The van der Waals surface area contributed by atoms with Crippen molar-refractivity contribution in [1.82, 2.24) is 4.90 Å². The predicted octanol–water partition coefficient (Wildman–Crippen LogP) is 4.14. The zero-order valence-electron chi connectivity index (χ0n) is 16.9. The van der Waals surface area contributed by atoms with Gasteiger partial charge in [-0.05, 0) is 48.9 Å². The lowest BCUT2D eigenvalue weighted by atomic mass is 9.89. The highest BCUT2D eigenvalue weighted by molar-refractivity contribution is 6.30. The van der Waals surface area contributed by atoms with Gasteiger partial charge < -0.3 is 19.1 Å². The van der Waals surface area contributed by atoms with Gasteiger partial charge in [-0.3, -0.25) is 9.59 Å². The largest absolute Gasteiger partial charge is 0.497 e. The topological polar surface area (TPSA) is 65.1 Å². The molecule has 1 spiro atoms. The maximum Gasteiger partial charge on any atom is 0.222 e. The van der Waals surface area contributed by atoms with Crippen LogP contribution in [0.2, 0.25) is 5.02 Å². The second kappa shape index (κ2) is 8.56. The molecule has 2 aliphatic heterocycles. The Labute approximate surface area is 180 Å². The van der Waals surface area contributed by atoms with Crippen molar-refractivity contribution in [3.63, 3.8) is 0 Å². The second-order valence-corrected chi connectivity index (χ2v) is 8.15. The van der Waals surface area contributed by atoms with Gasteiger partial charge in [0.15, 0.2) is 5.78 Å². The highest BCUT2D eigenvalue weighted by Crippen LogP contribution is 2.40. The second-order valence-electron chi connectivity index (χ2n) is 7.72. The number of carbonyl (C=O) groups excluding carboxylic acids is 2. The summed E-state index contributed by atoms with van der Waals surface area (Å²) in [6, 6.07) is 12.4. The van der Waals surface area contributed by atoms with Crippen LogP contribution < -0.4 is 14.2 Å². The molecular formula is C23H24ClNO5. The first-order valence-electron chi connectivity index (χ1n) is 10.0. The van der Waals surface area contributed by atoms with Crippen LogP contribution in [0.25, 0.3) is 0 Å². The first-order chi connectivity index (χ1) is 14.5. The summed E-state index contributed by atoms with van der Waals surface area (Å²) in [5, 5.41) is 0.658. The molecule has 0 saturated carbocycles. The van der Waals surface area contributed by atoms with Crippen LogP contribution in [0.4, 0.5) is 0 Å². The lowest BCUT2D eigenvalue weighted by Gasteiger charge is -2.34. The average molecular weight is 430 g/mol. The Morgan fingerprint density at radius 2 is 1.97 bits per heavy atom. The highest BCUT2D eigenvalue weighted by Gasteiger charge is 2.46. The number of benzene rings is 2. The number of hydrogen-bond acceptors (Lipinski definition) is 5. The van der Waals surface area contributed by atoms with Crippen molar-refractivity contribution in [2.75, 3.05) is 26.8 Å². The number of ketones is 1. The van der Waals surface area contributed by atoms with Crippen LogP contribution in [-0.2, 0) is 4.79 Å². The predicted molar refractivity (Wildman–Crippen MR) is 113 cm³/mol. The summed E-state index contributed by atoms with van der Waals surface area (Å²) in [5.74, 6) is 2.02. The van der Waals surface area contributed by atoms with E-state index in [1.807, 2.05) is 0 Å². The zero-order valence-corrected chi connectivity index (χ0v) is 17.6. The molecule has 1 fully saturated rings. The fourth-order valence-corrected chi connectivity index (χ4v) is 4.11. The molecule has 0 aliphatic carbocycles. The van der Waals surface area contributed by atoms with Crippen LogP contribution in [0.15, 0.2) is 42.5 Å². The van der Waals surface area contributed by atoms with E-state index in [-0.39, 0.29) is 18.1 Å². The van der Waals surface area contributed by atoms with E-state index in [9.17, 15) is 9.59 Å². The molecule has 6 nitrogen and oxygen atoms in total. The molecule has 2 heterocycles. The van der Waals surface area contributed by atoms with Crippen molar-refractivity contribution >= 4 is 23.3 Å². The first kappa shape index (κ1) is 20.5. The van der Waals surface area contributed by atoms with Gasteiger partial charge in [-0.25, -0.2) is 0 Å². The molecular weight excluding hydrogens is 406 g/mol. The van der Waals surface area contributed by atoms with E-state index < -0.39 is 5.60 Å². The summed E-state index contributed by atoms with van der Waals surface area (Å²) >= 11 is 5.86. The molecule has 7 heteroatoms. The number of rotatable bonds is 6. The number of amides is 1. The van der Waals surface area contributed by atoms with Gasteiger partial charge in [0.05, 0.1) is 32.2 Å². The summed E-state index contributed by atoms with van der Waals surface area (Å²) in [7, 11) is 1.57. The van der Waals surface area contributed by atoms with Crippen molar-refractivity contribution < 1.29 is 23.8 Å². The first-order valence-corrected chi connectivity index (χ1v) is 10.4. The quantitative estimate of drug-likeness (QED) is 0.645. The molecule has 1 atom stereocenters. The van der Waals surface area contributed by atoms with Crippen LogP contribution in [0.5, 0.6) is 17.2 Å². The minimum atomic E-state index is -0.631. The number of halogens is 1. The molecule has 4 rings (SSSR count). The maximum atomic E-state index is 12.7. The smallest absolute Gasteiger partial charge is 0.222 e. The Hall–Kier alpha value is -2.73. The number of likely N-dealkylation sites (tertiary alicyclic amines) is 1. The normalized spacial score (nSPS) is 20.1. The van der Waals surface area contributed by atoms with Crippen molar-refractivity contribution in [3.05, 3.63) is 53.1 Å². The number of Topliss-reactive ketones (excluding diaryl/α,β-unsaturated/α-hetero) is 1. The lowest BCUT2D eigenvalue weighted by molar-refractivity contribution is -0.131. The SMILES string of the molecule is COc1ccc2c(c1)C(=O)CC1(CCN(C(=O)CCCOc3ccc(Cl)cc3)C1)O2. The van der Waals surface area contributed by atoms with Gasteiger partial charge in [0, 0.05) is 24.4 Å². The molecule has 2 aliphatic rings. The van der Waals surface area contributed by atoms with E-state index in [0.717, 1.165) is 5.75 Å². The van der Waals surface area contributed by atoms with E-state index in [1.54, 1.807) is 54.5 Å². The Kier molecular flexibility index (Phi) is 5.86. The molecule has 2 aromatic rings. The number of hydrogen-bond donors (Lipinski definition) is 0. The van der Waals surface area contributed by atoms with Gasteiger partial charge in [0.2, 0.25) is 5.91 Å². The Balaban J connectivity index is 1.29. The minimum Gasteiger partial charge on any atom is -0.497 e.